The average molecular weight is 362 g/mol. The zero-order valence-corrected chi connectivity index (χ0v) is 14.6. The molecule has 0 saturated carbocycles. The summed E-state index contributed by atoms with van der Waals surface area (Å²) in [6.07, 6.45) is 0. The number of ether oxygens (including phenoxy) is 1. The van der Waals surface area contributed by atoms with Crippen LogP contribution in [-0.2, 0) is 0 Å². The maximum Gasteiger partial charge on any atom is 0.274 e. The Labute approximate surface area is 148 Å². The summed E-state index contributed by atoms with van der Waals surface area (Å²) in [7, 11) is 1.73. The van der Waals surface area contributed by atoms with Crippen LogP contribution in [0.15, 0.2) is 47.8 Å². The van der Waals surface area contributed by atoms with Crippen LogP contribution in [-0.4, -0.2) is 41.2 Å². The van der Waals surface area contributed by atoms with E-state index in [9.17, 15) is 4.79 Å². The normalized spacial score (nSPS) is 10.6. The Hall–Kier alpha value is -2.31. The van der Waals surface area contributed by atoms with Gasteiger partial charge in [-0.3, -0.25) is 9.89 Å². The summed E-state index contributed by atoms with van der Waals surface area (Å²) in [5.74, 6) is 0.578. The number of hydrogen-bond acceptors (Lipinski definition) is 4. The van der Waals surface area contributed by atoms with Gasteiger partial charge in [-0.25, -0.2) is 0 Å². The van der Waals surface area contributed by atoms with Crippen molar-refractivity contribution in [2.24, 2.45) is 0 Å². The fourth-order valence-corrected chi connectivity index (χ4v) is 2.94. The Kier molecular flexibility index (Phi) is 5.17. The van der Waals surface area contributed by atoms with Gasteiger partial charge in [0.2, 0.25) is 0 Å². The first-order valence-electron chi connectivity index (χ1n) is 7.36. The number of carbonyl (C=O) groups excluding carboxylic acids is 1. The van der Waals surface area contributed by atoms with Gasteiger partial charge in [0, 0.05) is 12.1 Å². The van der Waals surface area contributed by atoms with Crippen molar-refractivity contribution in [1.82, 2.24) is 15.1 Å². The number of amides is 1. The average Bonchev–Trinajstić information content (AvgIpc) is 3.27. The molecule has 0 saturated heterocycles. The molecule has 3 rings (SSSR count). The molecule has 2 aromatic heterocycles. The Balaban J connectivity index is 1.54. The molecule has 0 unspecified atom stereocenters. The third-order valence-electron chi connectivity index (χ3n) is 3.44. The van der Waals surface area contributed by atoms with Crippen LogP contribution in [0, 0.1) is 0 Å². The van der Waals surface area contributed by atoms with E-state index in [1.165, 1.54) is 0 Å². The number of thiophene rings is 1. The van der Waals surface area contributed by atoms with E-state index in [1.54, 1.807) is 53.6 Å². The van der Waals surface area contributed by atoms with E-state index < -0.39 is 0 Å². The molecule has 124 valence electrons. The van der Waals surface area contributed by atoms with E-state index in [4.69, 9.17) is 16.3 Å². The maximum atomic E-state index is 12.4. The number of benzene rings is 1. The molecule has 0 radical (unpaired) electrons. The van der Waals surface area contributed by atoms with Crippen molar-refractivity contribution < 1.29 is 9.53 Å². The van der Waals surface area contributed by atoms with Gasteiger partial charge in [-0.15, -0.1) is 11.3 Å². The number of nitrogens with zero attached hydrogens (tertiary/aromatic N) is 2. The van der Waals surface area contributed by atoms with Crippen LogP contribution in [0.4, 0.5) is 0 Å². The molecule has 0 fully saturated rings. The van der Waals surface area contributed by atoms with Gasteiger partial charge in [0.15, 0.2) is 5.69 Å². The molecule has 0 spiro atoms. The molecule has 1 amide bonds. The van der Waals surface area contributed by atoms with E-state index in [0.29, 0.717) is 23.9 Å². The van der Waals surface area contributed by atoms with Crippen LogP contribution < -0.4 is 4.74 Å². The molecule has 0 aliphatic carbocycles. The fraction of sp³-hybridized carbons (Fsp3) is 0.176. The van der Waals surface area contributed by atoms with Crippen molar-refractivity contribution in [3.05, 3.63) is 58.6 Å². The number of aromatic amines is 1. The lowest BCUT2D eigenvalue weighted by atomic mass is 10.3. The van der Waals surface area contributed by atoms with E-state index in [0.717, 1.165) is 16.3 Å². The van der Waals surface area contributed by atoms with Gasteiger partial charge in [-0.2, -0.15) is 5.10 Å². The minimum absolute atomic E-state index is 0.145. The van der Waals surface area contributed by atoms with Crippen molar-refractivity contribution in [2.45, 2.75) is 0 Å². The first kappa shape index (κ1) is 16.5. The summed E-state index contributed by atoms with van der Waals surface area (Å²) in [6.45, 7) is 0.856. The molecule has 1 aromatic carbocycles. The molecule has 0 atom stereocenters. The van der Waals surface area contributed by atoms with Crippen LogP contribution in [0.2, 0.25) is 5.02 Å². The van der Waals surface area contributed by atoms with Crippen molar-refractivity contribution >= 4 is 28.8 Å². The van der Waals surface area contributed by atoms with Crippen LogP contribution in [0.25, 0.3) is 10.6 Å². The summed E-state index contributed by atoms with van der Waals surface area (Å²) < 4.78 is 5.60. The second kappa shape index (κ2) is 7.51. The highest BCUT2D eigenvalue weighted by atomic mass is 35.5. The second-order valence-corrected chi connectivity index (χ2v) is 6.56. The van der Waals surface area contributed by atoms with Crippen LogP contribution >= 0.6 is 22.9 Å². The number of hydrogen-bond donors (Lipinski definition) is 1. The zero-order valence-electron chi connectivity index (χ0n) is 13.0. The van der Waals surface area contributed by atoms with Crippen LogP contribution in [0.3, 0.4) is 0 Å². The molecule has 3 aromatic rings. The van der Waals surface area contributed by atoms with E-state index >= 15 is 0 Å². The smallest absolute Gasteiger partial charge is 0.274 e. The fourth-order valence-electron chi connectivity index (χ4n) is 2.12. The number of rotatable bonds is 6. The third-order valence-corrected chi connectivity index (χ3v) is 4.59. The van der Waals surface area contributed by atoms with E-state index in [-0.39, 0.29) is 5.91 Å². The molecule has 24 heavy (non-hydrogen) atoms. The molecule has 7 heteroatoms. The van der Waals surface area contributed by atoms with Gasteiger partial charge in [0.25, 0.3) is 5.91 Å². The van der Waals surface area contributed by atoms with Crippen molar-refractivity contribution in [2.75, 3.05) is 20.2 Å². The Morgan fingerprint density at radius 2 is 2.12 bits per heavy atom. The summed E-state index contributed by atoms with van der Waals surface area (Å²) in [6, 6.07) is 12.8. The number of H-pyrrole nitrogens is 1. The van der Waals surface area contributed by atoms with Gasteiger partial charge in [0.1, 0.15) is 12.4 Å². The highest BCUT2D eigenvalue weighted by Gasteiger charge is 2.16. The first-order chi connectivity index (χ1) is 11.6. The van der Waals surface area contributed by atoms with Gasteiger partial charge >= 0.3 is 0 Å². The number of halogens is 1. The molecule has 5 nitrogen and oxygen atoms in total. The largest absolute Gasteiger partial charge is 0.492 e. The molecular weight excluding hydrogens is 346 g/mol. The standard InChI is InChI=1S/C17H16ClN3O2S/c1-21(8-9-23-13-6-4-12(18)5-7-13)17(22)15-11-14(19-20-15)16-3-2-10-24-16/h2-7,10-11H,8-9H2,1H3,(H,19,20). The SMILES string of the molecule is CN(CCOc1ccc(Cl)cc1)C(=O)c1cc(-c2cccs2)[nH]n1. The molecule has 0 aliphatic rings. The second-order valence-electron chi connectivity index (χ2n) is 5.17. The van der Waals surface area contributed by atoms with Crippen LogP contribution in [0.5, 0.6) is 5.75 Å². The highest BCUT2D eigenvalue weighted by Crippen LogP contribution is 2.23. The summed E-state index contributed by atoms with van der Waals surface area (Å²) >= 11 is 7.42. The quantitative estimate of drug-likeness (QED) is 0.723. The van der Waals surface area contributed by atoms with E-state index in [2.05, 4.69) is 10.2 Å². The van der Waals surface area contributed by atoms with Crippen molar-refractivity contribution in [3.8, 4) is 16.3 Å². The summed E-state index contributed by atoms with van der Waals surface area (Å²) in [5.41, 5.74) is 1.24. The Morgan fingerprint density at radius 1 is 1.33 bits per heavy atom. The zero-order chi connectivity index (χ0) is 16.9. The molecular formula is C17H16ClN3O2S. The minimum Gasteiger partial charge on any atom is -0.492 e. The van der Waals surface area contributed by atoms with Gasteiger partial charge in [-0.05, 0) is 41.8 Å². The number of nitrogens with one attached hydrogen (secondary N) is 1. The predicted molar refractivity (Wildman–Crippen MR) is 95.8 cm³/mol. The molecule has 0 bridgehead atoms. The Bertz CT molecular complexity index is 800. The summed E-state index contributed by atoms with van der Waals surface area (Å²) in [4.78, 5) is 15.0. The minimum atomic E-state index is -0.145. The highest BCUT2D eigenvalue weighted by molar-refractivity contribution is 7.13. The number of likely N-dealkylation sites (N-methyl/N-ethyl adjacent to an activating group) is 1. The van der Waals surface area contributed by atoms with Gasteiger partial charge in [-0.1, -0.05) is 17.7 Å². The topological polar surface area (TPSA) is 58.2 Å². The van der Waals surface area contributed by atoms with Crippen LogP contribution in [0.1, 0.15) is 10.5 Å². The number of carbonyl (C=O) groups is 1. The van der Waals surface area contributed by atoms with E-state index in [1.807, 2.05) is 17.5 Å². The Morgan fingerprint density at radius 3 is 2.83 bits per heavy atom. The summed E-state index contributed by atoms with van der Waals surface area (Å²) in [5, 5.41) is 9.65. The lowest BCUT2D eigenvalue weighted by Crippen LogP contribution is -2.31. The van der Waals surface area contributed by atoms with Crippen molar-refractivity contribution in [3.63, 3.8) is 0 Å². The maximum absolute atomic E-state index is 12.4. The first-order valence-corrected chi connectivity index (χ1v) is 8.62. The molecule has 0 aliphatic heterocycles. The lowest BCUT2D eigenvalue weighted by Gasteiger charge is -2.16. The van der Waals surface area contributed by atoms with Crippen molar-refractivity contribution in [1.29, 1.82) is 0 Å². The molecule has 1 N–H and O–H groups in total. The van der Waals surface area contributed by atoms with Gasteiger partial charge < -0.3 is 9.64 Å². The van der Waals surface area contributed by atoms with Gasteiger partial charge in [0.05, 0.1) is 17.1 Å². The lowest BCUT2D eigenvalue weighted by molar-refractivity contribution is 0.0768. The third kappa shape index (κ3) is 3.96. The molecule has 2 heterocycles. The predicted octanol–water partition coefficient (Wildman–Crippen LogP) is 3.94. The number of aromatic nitrogens is 2. The monoisotopic (exact) mass is 361 g/mol.